The SMILES string of the molecule is CN=C1C=C2CCC3C(CCC4(C)C(O)CCC34)C2(C)CC1. The minimum absolute atomic E-state index is 0.0478. The zero-order valence-corrected chi connectivity index (χ0v) is 14.4. The van der Waals surface area contributed by atoms with Gasteiger partial charge in [0.2, 0.25) is 0 Å². The van der Waals surface area contributed by atoms with Crippen molar-refractivity contribution < 1.29 is 5.11 Å². The quantitative estimate of drug-likeness (QED) is 0.707. The first-order chi connectivity index (χ1) is 10.5. The highest BCUT2D eigenvalue weighted by molar-refractivity contribution is 5.96. The van der Waals surface area contributed by atoms with E-state index in [-0.39, 0.29) is 11.5 Å². The van der Waals surface area contributed by atoms with Gasteiger partial charge >= 0.3 is 0 Å². The van der Waals surface area contributed by atoms with Crippen LogP contribution in [0.15, 0.2) is 16.6 Å². The van der Waals surface area contributed by atoms with E-state index in [0.29, 0.717) is 5.41 Å². The summed E-state index contributed by atoms with van der Waals surface area (Å²) in [6.07, 6.45) is 12.3. The van der Waals surface area contributed by atoms with E-state index in [0.717, 1.165) is 30.6 Å². The molecule has 0 heterocycles. The van der Waals surface area contributed by atoms with Crippen LogP contribution >= 0.6 is 0 Å². The number of hydrogen-bond donors (Lipinski definition) is 1. The van der Waals surface area contributed by atoms with Crippen LogP contribution in [0.25, 0.3) is 0 Å². The van der Waals surface area contributed by atoms with Crippen LogP contribution in [0, 0.1) is 28.6 Å². The van der Waals surface area contributed by atoms with Crippen molar-refractivity contribution in [1.29, 1.82) is 0 Å². The second-order valence-corrected chi connectivity index (χ2v) is 8.86. The molecule has 0 aliphatic heterocycles. The van der Waals surface area contributed by atoms with Gasteiger partial charge < -0.3 is 5.11 Å². The maximum Gasteiger partial charge on any atom is 0.0596 e. The number of fused-ring (bicyclic) bond motifs is 5. The first kappa shape index (κ1) is 14.9. The monoisotopic (exact) mass is 301 g/mol. The molecule has 0 saturated heterocycles. The van der Waals surface area contributed by atoms with E-state index in [1.54, 1.807) is 5.57 Å². The highest BCUT2D eigenvalue weighted by Gasteiger charge is 2.58. The molecular formula is C20H31NO. The summed E-state index contributed by atoms with van der Waals surface area (Å²) < 4.78 is 0. The van der Waals surface area contributed by atoms with Crippen molar-refractivity contribution in [2.45, 2.75) is 71.3 Å². The minimum Gasteiger partial charge on any atom is -0.393 e. The third-order valence-corrected chi connectivity index (χ3v) is 8.21. The van der Waals surface area contributed by atoms with E-state index in [2.05, 4.69) is 24.9 Å². The molecule has 4 aliphatic rings. The highest BCUT2D eigenvalue weighted by Crippen LogP contribution is 2.65. The molecule has 0 radical (unpaired) electrons. The first-order valence-corrected chi connectivity index (χ1v) is 9.34. The molecule has 2 nitrogen and oxygen atoms in total. The van der Waals surface area contributed by atoms with Crippen LogP contribution in [0.2, 0.25) is 0 Å². The molecular weight excluding hydrogens is 270 g/mol. The maximum atomic E-state index is 10.5. The van der Waals surface area contributed by atoms with Crippen LogP contribution in [0.3, 0.4) is 0 Å². The Labute approximate surface area is 135 Å². The summed E-state index contributed by atoms with van der Waals surface area (Å²) >= 11 is 0. The summed E-state index contributed by atoms with van der Waals surface area (Å²) in [4.78, 5) is 4.46. The smallest absolute Gasteiger partial charge is 0.0596 e. The maximum absolute atomic E-state index is 10.5. The summed E-state index contributed by atoms with van der Waals surface area (Å²) in [5, 5.41) is 10.5. The number of nitrogens with zero attached hydrogens (tertiary/aromatic N) is 1. The Morgan fingerprint density at radius 3 is 2.64 bits per heavy atom. The van der Waals surface area contributed by atoms with Crippen molar-refractivity contribution in [3.05, 3.63) is 11.6 Å². The van der Waals surface area contributed by atoms with Gasteiger partial charge in [-0.05, 0) is 86.0 Å². The zero-order chi connectivity index (χ0) is 15.5. The second kappa shape index (κ2) is 4.93. The first-order valence-electron chi connectivity index (χ1n) is 9.34. The van der Waals surface area contributed by atoms with Crippen LogP contribution in [0.1, 0.15) is 65.2 Å². The van der Waals surface area contributed by atoms with Crippen molar-refractivity contribution in [2.75, 3.05) is 7.05 Å². The third kappa shape index (κ3) is 1.85. The van der Waals surface area contributed by atoms with E-state index in [1.165, 1.54) is 44.2 Å². The Hall–Kier alpha value is -0.630. The lowest BCUT2D eigenvalue weighted by Gasteiger charge is -2.57. The predicted molar refractivity (Wildman–Crippen MR) is 91.1 cm³/mol. The van der Waals surface area contributed by atoms with Crippen LogP contribution in [0.5, 0.6) is 0 Å². The predicted octanol–water partition coefficient (Wildman–Crippen LogP) is 4.38. The molecule has 0 aromatic heterocycles. The topological polar surface area (TPSA) is 32.6 Å². The molecule has 0 amide bonds. The van der Waals surface area contributed by atoms with Gasteiger partial charge in [0.05, 0.1) is 6.10 Å². The average Bonchev–Trinajstić information content (AvgIpc) is 2.82. The van der Waals surface area contributed by atoms with Gasteiger partial charge in [-0.1, -0.05) is 19.4 Å². The summed E-state index contributed by atoms with van der Waals surface area (Å²) in [6, 6.07) is 0. The number of hydrogen-bond acceptors (Lipinski definition) is 2. The molecule has 1 N–H and O–H groups in total. The largest absolute Gasteiger partial charge is 0.393 e. The standard InChI is InChI=1S/C20H31NO/c1-19-10-8-14(21-3)12-13(19)4-5-15-16-6-7-18(22)20(16,2)11-9-17(15)19/h12,15-18,22H,4-11H2,1-3H3. The van der Waals surface area contributed by atoms with Crippen molar-refractivity contribution in [1.82, 2.24) is 0 Å². The fourth-order valence-electron chi connectivity index (χ4n) is 6.72. The molecule has 122 valence electrons. The van der Waals surface area contributed by atoms with Crippen molar-refractivity contribution in [2.24, 2.45) is 33.6 Å². The molecule has 0 bridgehead atoms. The lowest BCUT2D eigenvalue weighted by Crippen LogP contribution is -2.51. The van der Waals surface area contributed by atoms with Gasteiger partial charge in [-0.2, -0.15) is 0 Å². The molecule has 4 rings (SSSR count). The fourth-order valence-corrected chi connectivity index (χ4v) is 6.72. The van der Waals surface area contributed by atoms with Crippen LogP contribution in [-0.2, 0) is 0 Å². The van der Waals surface area contributed by atoms with Crippen molar-refractivity contribution in [3.8, 4) is 0 Å². The van der Waals surface area contributed by atoms with Gasteiger partial charge in [-0.25, -0.2) is 0 Å². The summed E-state index contributed by atoms with van der Waals surface area (Å²) in [6.45, 7) is 4.91. The summed E-state index contributed by atoms with van der Waals surface area (Å²) in [5.41, 5.74) is 3.61. The van der Waals surface area contributed by atoms with Gasteiger partial charge in [-0.15, -0.1) is 0 Å². The lowest BCUT2D eigenvalue weighted by atomic mass is 9.47. The molecule has 0 aromatic rings. The van der Waals surface area contributed by atoms with Gasteiger partial charge in [0, 0.05) is 12.8 Å². The second-order valence-electron chi connectivity index (χ2n) is 8.86. The minimum atomic E-state index is -0.0478. The molecule has 3 saturated carbocycles. The summed E-state index contributed by atoms with van der Waals surface area (Å²) in [7, 11) is 1.94. The molecule has 4 aliphatic carbocycles. The van der Waals surface area contributed by atoms with Gasteiger partial charge in [0.15, 0.2) is 0 Å². The molecule has 2 heteroatoms. The van der Waals surface area contributed by atoms with E-state index in [1.807, 2.05) is 7.05 Å². The molecule has 3 fully saturated rings. The highest BCUT2D eigenvalue weighted by atomic mass is 16.3. The van der Waals surface area contributed by atoms with E-state index in [4.69, 9.17) is 0 Å². The zero-order valence-electron chi connectivity index (χ0n) is 14.4. The number of aliphatic hydroxyl groups excluding tert-OH is 1. The van der Waals surface area contributed by atoms with Gasteiger partial charge in [0.25, 0.3) is 0 Å². The molecule has 6 unspecified atom stereocenters. The Kier molecular flexibility index (Phi) is 3.35. The average molecular weight is 301 g/mol. The number of aliphatic hydroxyl groups is 1. The van der Waals surface area contributed by atoms with Gasteiger partial charge in [-0.3, -0.25) is 4.99 Å². The Morgan fingerprint density at radius 1 is 1.05 bits per heavy atom. The van der Waals surface area contributed by atoms with Crippen molar-refractivity contribution in [3.63, 3.8) is 0 Å². The van der Waals surface area contributed by atoms with E-state index < -0.39 is 0 Å². The lowest BCUT2D eigenvalue weighted by molar-refractivity contribution is -0.0721. The van der Waals surface area contributed by atoms with Crippen LogP contribution in [-0.4, -0.2) is 24.0 Å². The van der Waals surface area contributed by atoms with E-state index in [9.17, 15) is 5.11 Å². The Bertz CT molecular complexity index is 536. The number of allylic oxidation sites excluding steroid dienone is 2. The Balaban J connectivity index is 1.68. The Morgan fingerprint density at radius 2 is 1.86 bits per heavy atom. The molecule has 6 atom stereocenters. The van der Waals surface area contributed by atoms with Gasteiger partial charge in [0.1, 0.15) is 0 Å². The van der Waals surface area contributed by atoms with Crippen molar-refractivity contribution >= 4 is 5.71 Å². The van der Waals surface area contributed by atoms with Crippen LogP contribution < -0.4 is 0 Å². The summed E-state index contributed by atoms with van der Waals surface area (Å²) in [5.74, 6) is 2.45. The molecule has 22 heavy (non-hydrogen) atoms. The number of rotatable bonds is 0. The molecule has 0 spiro atoms. The van der Waals surface area contributed by atoms with Crippen LogP contribution in [0.4, 0.5) is 0 Å². The normalized spacial score (nSPS) is 52.7. The fraction of sp³-hybridized carbons (Fsp3) is 0.850. The third-order valence-electron chi connectivity index (χ3n) is 8.21. The van der Waals surface area contributed by atoms with E-state index >= 15 is 0 Å². The molecule has 0 aromatic carbocycles. The number of aliphatic imine (C=N–C) groups is 1.